The van der Waals surface area contributed by atoms with E-state index in [1.807, 2.05) is 0 Å². The van der Waals surface area contributed by atoms with Crippen LogP contribution in [0.2, 0.25) is 23.7 Å². The molecule has 0 aliphatic heterocycles. The van der Waals surface area contributed by atoms with Crippen molar-refractivity contribution in [1.29, 1.82) is 0 Å². The van der Waals surface area contributed by atoms with Crippen LogP contribution in [-0.2, 0) is 0 Å². The van der Waals surface area contributed by atoms with Crippen molar-refractivity contribution in [2.24, 2.45) is 0 Å². The third kappa shape index (κ3) is 1.85. The Hall–Kier alpha value is 0.217. The van der Waals surface area contributed by atoms with E-state index in [9.17, 15) is 0 Å². The molecule has 10 heavy (non-hydrogen) atoms. The molecule has 0 amide bonds. The van der Waals surface area contributed by atoms with Crippen LogP contribution in [0.25, 0.3) is 0 Å². The van der Waals surface area contributed by atoms with Crippen LogP contribution in [-0.4, -0.2) is 8.07 Å². The lowest BCUT2D eigenvalue weighted by Crippen LogP contribution is -2.39. The van der Waals surface area contributed by atoms with Gasteiger partial charge in [0.25, 0.3) is 0 Å². The summed E-state index contributed by atoms with van der Waals surface area (Å²) in [7, 11) is -0.982. The van der Waals surface area contributed by atoms with Crippen LogP contribution in [0.3, 0.4) is 0 Å². The van der Waals surface area contributed by atoms with Crippen LogP contribution < -0.4 is 0 Å². The summed E-state index contributed by atoms with van der Waals surface area (Å²) in [5, 5.41) is 0.557. The molecule has 0 unspecified atom stereocenters. The van der Waals surface area contributed by atoms with E-state index >= 15 is 0 Å². The quantitative estimate of drug-likeness (QED) is 0.508. The molecule has 0 N–H and O–H groups in total. The molecule has 0 saturated carbocycles. The van der Waals surface area contributed by atoms with Crippen molar-refractivity contribution in [3.05, 3.63) is 0 Å². The van der Waals surface area contributed by atoms with Crippen LogP contribution in [0.4, 0.5) is 0 Å². The van der Waals surface area contributed by atoms with Crippen LogP contribution in [0.5, 0.6) is 0 Å². The first-order valence-corrected chi connectivity index (χ1v) is 7.27. The van der Waals surface area contributed by atoms with Gasteiger partial charge in [-0.15, -0.1) is 0 Å². The fraction of sp³-hybridized carbons (Fsp3) is 1.00. The molecule has 0 nitrogen and oxygen atoms in total. The third-order valence-corrected chi connectivity index (χ3v) is 10.1. The Morgan fingerprint density at radius 3 is 1.30 bits per heavy atom. The lowest BCUT2D eigenvalue weighted by molar-refractivity contribution is 0.695. The Labute approximate surface area is 67.0 Å². The topological polar surface area (TPSA) is 0 Å². The Kier molecular flexibility index (Phi) is 2.75. The largest absolute Gasteiger partial charge is 0.0688 e. The van der Waals surface area contributed by atoms with Gasteiger partial charge in [0, 0.05) is 0 Å². The molecular weight excluding hydrogens is 136 g/mol. The fourth-order valence-electron chi connectivity index (χ4n) is 0.866. The van der Waals surface area contributed by atoms with Gasteiger partial charge in [0.2, 0.25) is 0 Å². The van der Waals surface area contributed by atoms with E-state index in [4.69, 9.17) is 0 Å². The summed E-state index contributed by atoms with van der Waals surface area (Å²) in [5.74, 6) is 0. The molecule has 0 atom stereocenters. The second-order valence-corrected chi connectivity index (χ2v) is 11.2. The summed E-state index contributed by atoms with van der Waals surface area (Å²) in [6.45, 7) is 16.8. The first-order chi connectivity index (χ1) is 4.19. The van der Waals surface area contributed by atoms with Crippen molar-refractivity contribution in [2.45, 2.75) is 58.3 Å². The van der Waals surface area contributed by atoms with Gasteiger partial charge in [0.05, 0.1) is 8.07 Å². The molecule has 1 heteroatoms. The zero-order chi connectivity index (χ0) is 8.58. The van der Waals surface area contributed by atoms with Gasteiger partial charge < -0.3 is 0 Å². The minimum Gasteiger partial charge on any atom is -0.0688 e. The number of hydrogen-bond donors (Lipinski definition) is 0. The minimum atomic E-state index is -0.982. The zero-order valence-electron chi connectivity index (χ0n) is 8.58. The van der Waals surface area contributed by atoms with Gasteiger partial charge >= 0.3 is 0 Å². The lowest BCUT2D eigenvalue weighted by atomic mass is 10.2. The zero-order valence-corrected chi connectivity index (χ0v) is 9.58. The van der Waals surface area contributed by atoms with E-state index in [2.05, 4.69) is 47.7 Å². The highest BCUT2D eigenvalue weighted by molar-refractivity contribution is 6.81. The molecule has 0 aliphatic carbocycles. The standard InChI is InChI=1S/C9H22Si/c1-8(2)10(6,7)9(3,4)5/h8H,1-7H3. The van der Waals surface area contributed by atoms with Gasteiger partial charge in [0.1, 0.15) is 0 Å². The highest BCUT2D eigenvalue weighted by atomic mass is 28.3. The van der Waals surface area contributed by atoms with E-state index in [-0.39, 0.29) is 0 Å². The van der Waals surface area contributed by atoms with E-state index < -0.39 is 8.07 Å². The van der Waals surface area contributed by atoms with Crippen LogP contribution >= 0.6 is 0 Å². The van der Waals surface area contributed by atoms with Gasteiger partial charge in [-0.2, -0.15) is 0 Å². The Morgan fingerprint density at radius 2 is 1.30 bits per heavy atom. The summed E-state index contributed by atoms with van der Waals surface area (Å²) < 4.78 is 0. The molecule has 0 saturated heterocycles. The van der Waals surface area contributed by atoms with E-state index in [1.54, 1.807) is 0 Å². The molecule has 0 aromatic carbocycles. The van der Waals surface area contributed by atoms with Gasteiger partial charge in [-0.1, -0.05) is 53.3 Å². The van der Waals surface area contributed by atoms with Crippen molar-refractivity contribution < 1.29 is 0 Å². The smallest absolute Gasteiger partial charge is 0.0553 e. The molecule has 0 aromatic heterocycles. The van der Waals surface area contributed by atoms with Crippen LogP contribution in [0, 0.1) is 0 Å². The number of rotatable bonds is 1. The van der Waals surface area contributed by atoms with Crippen molar-refractivity contribution in [2.75, 3.05) is 0 Å². The molecule has 0 bridgehead atoms. The van der Waals surface area contributed by atoms with E-state index in [1.165, 1.54) is 0 Å². The van der Waals surface area contributed by atoms with Gasteiger partial charge in [-0.25, -0.2) is 0 Å². The first-order valence-electron chi connectivity index (χ1n) is 4.19. The lowest BCUT2D eigenvalue weighted by Gasteiger charge is -2.40. The highest BCUT2D eigenvalue weighted by Gasteiger charge is 2.37. The van der Waals surface area contributed by atoms with Crippen molar-refractivity contribution in [3.63, 3.8) is 0 Å². The van der Waals surface area contributed by atoms with Gasteiger partial charge in [0.15, 0.2) is 0 Å². The molecule has 0 aliphatic rings. The number of hydrogen-bond acceptors (Lipinski definition) is 0. The molecule has 0 radical (unpaired) electrons. The minimum absolute atomic E-state index is 0.557. The predicted octanol–water partition coefficient (Wildman–Crippen LogP) is 3.90. The fourth-order valence-corrected chi connectivity index (χ4v) is 2.60. The van der Waals surface area contributed by atoms with E-state index in [0.717, 1.165) is 5.54 Å². The third-order valence-electron chi connectivity index (χ3n) is 3.38. The highest BCUT2D eigenvalue weighted by Crippen LogP contribution is 2.42. The summed E-state index contributed by atoms with van der Waals surface area (Å²) in [4.78, 5) is 0. The first kappa shape index (κ1) is 10.2. The molecule has 62 valence electrons. The molecular formula is C9H22Si. The molecule has 0 heterocycles. The Morgan fingerprint density at radius 1 is 1.00 bits per heavy atom. The predicted molar refractivity (Wildman–Crippen MR) is 52.3 cm³/mol. The summed E-state index contributed by atoms with van der Waals surface area (Å²) >= 11 is 0. The van der Waals surface area contributed by atoms with Gasteiger partial charge in [-0.05, 0) is 5.04 Å². The maximum atomic E-state index is 2.48. The average molecular weight is 158 g/mol. The summed E-state index contributed by atoms with van der Waals surface area (Å²) in [6, 6.07) is 0. The molecule has 0 aromatic rings. The summed E-state index contributed by atoms with van der Waals surface area (Å²) in [6.07, 6.45) is 0. The Bertz CT molecular complexity index is 106. The van der Waals surface area contributed by atoms with Crippen LogP contribution in [0.15, 0.2) is 0 Å². The monoisotopic (exact) mass is 158 g/mol. The average Bonchev–Trinajstić information content (AvgIpc) is 1.62. The van der Waals surface area contributed by atoms with Crippen molar-refractivity contribution in [3.8, 4) is 0 Å². The van der Waals surface area contributed by atoms with Crippen molar-refractivity contribution in [1.82, 2.24) is 0 Å². The second-order valence-electron chi connectivity index (χ2n) is 5.13. The van der Waals surface area contributed by atoms with Crippen LogP contribution in [0.1, 0.15) is 34.6 Å². The molecule has 0 fully saturated rings. The molecule has 0 spiro atoms. The second kappa shape index (κ2) is 2.69. The van der Waals surface area contributed by atoms with Crippen molar-refractivity contribution >= 4 is 8.07 Å². The SMILES string of the molecule is CC(C)[Si](C)(C)C(C)(C)C. The van der Waals surface area contributed by atoms with E-state index in [0.29, 0.717) is 5.04 Å². The molecule has 0 rings (SSSR count). The maximum Gasteiger partial charge on any atom is 0.0553 e. The summed E-state index contributed by atoms with van der Waals surface area (Å²) in [5.41, 5.74) is 0.896. The normalized spacial score (nSPS) is 14.4. The maximum absolute atomic E-state index is 2.48. The Balaban J connectivity index is 4.40. The van der Waals surface area contributed by atoms with Gasteiger partial charge in [-0.3, -0.25) is 0 Å².